The number of benzene rings is 2. The Morgan fingerprint density at radius 3 is 2.39 bits per heavy atom. The molecule has 0 spiro atoms. The Morgan fingerprint density at radius 2 is 1.83 bits per heavy atom. The molecule has 4 nitrogen and oxygen atoms in total. The molecule has 5 heteroatoms. The second kappa shape index (κ2) is 5.62. The Balaban J connectivity index is 2.35. The van der Waals surface area contributed by atoms with Crippen molar-refractivity contribution >= 4 is 23.0 Å². The van der Waals surface area contributed by atoms with Gasteiger partial charge in [0.05, 0.1) is 23.3 Å². The molecule has 0 aliphatic carbocycles. The number of rotatable bonds is 4. The van der Waals surface area contributed by atoms with Crippen LogP contribution >= 0.6 is 11.6 Å². The molecule has 2 rings (SSSR count). The number of anilines is 2. The lowest BCUT2D eigenvalue weighted by Crippen LogP contribution is -2.07. The van der Waals surface area contributed by atoms with Gasteiger partial charge in [0.2, 0.25) is 0 Å². The molecule has 0 aliphatic heterocycles. The average Bonchev–Trinajstić information content (AvgIpc) is 2.40. The summed E-state index contributed by atoms with van der Waals surface area (Å²) in [5, 5.41) is 13.7. The van der Waals surface area contributed by atoms with E-state index in [1.54, 1.807) is 48.5 Å². The van der Waals surface area contributed by atoms with Crippen LogP contribution in [0.5, 0.6) is 0 Å². The number of halogens is 1. The molecule has 1 N–H and O–H groups in total. The van der Waals surface area contributed by atoms with E-state index in [1.807, 2.05) is 0 Å². The number of hydrogen-bond donors (Lipinski definition) is 1. The minimum atomic E-state index is -0.0358. The molecular weight excluding hydrogens is 252 g/mol. The van der Waals surface area contributed by atoms with Crippen LogP contribution < -0.4 is 5.01 Å². The zero-order valence-corrected chi connectivity index (χ0v) is 10.2. The summed E-state index contributed by atoms with van der Waals surface area (Å²) >= 11 is 5.88. The number of aliphatic hydroxyl groups excluding tert-OH is 1. The Labute approximate surface area is 109 Å². The molecule has 0 atom stereocenters. The predicted molar refractivity (Wildman–Crippen MR) is 71.8 cm³/mol. The number of aliphatic hydroxyl groups is 1. The Hall–Kier alpha value is -1.91. The molecule has 0 fully saturated rings. The second-order valence-electron chi connectivity index (χ2n) is 3.70. The summed E-state index contributed by atoms with van der Waals surface area (Å²) < 4.78 is 0. The molecule has 92 valence electrons. The van der Waals surface area contributed by atoms with Gasteiger partial charge < -0.3 is 5.11 Å². The molecule has 0 unspecified atom stereocenters. The van der Waals surface area contributed by atoms with Gasteiger partial charge in [-0.2, -0.15) is 5.01 Å². The minimum absolute atomic E-state index is 0.0358. The summed E-state index contributed by atoms with van der Waals surface area (Å²) in [6.07, 6.45) is 0. The largest absolute Gasteiger partial charge is 0.392 e. The highest BCUT2D eigenvalue weighted by atomic mass is 35.5. The van der Waals surface area contributed by atoms with Gasteiger partial charge in [-0.15, -0.1) is 4.91 Å². The van der Waals surface area contributed by atoms with Crippen LogP contribution in [0.1, 0.15) is 5.56 Å². The van der Waals surface area contributed by atoms with Crippen molar-refractivity contribution < 1.29 is 5.11 Å². The summed E-state index contributed by atoms with van der Waals surface area (Å²) in [6.45, 7) is -0.0358. The average molecular weight is 263 g/mol. The van der Waals surface area contributed by atoms with Gasteiger partial charge in [0.15, 0.2) is 0 Å². The fourth-order valence-electron chi connectivity index (χ4n) is 1.59. The number of nitroso groups, excluding NO2 is 1. The summed E-state index contributed by atoms with van der Waals surface area (Å²) in [4.78, 5) is 11.0. The maximum atomic E-state index is 11.0. The van der Waals surface area contributed by atoms with Gasteiger partial charge in [0.25, 0.3) is 0 Å². The highest BCUT2D eigenvalue weighted by molar-refractivity contribution is 6.30. The summed E-state index contributed by atoms with van der Waals surface area (Å²) in [5.74, 6) is 0. The number of hydrogen-bond acceptors (Lipinski definition) is 3. The van der Waals surface area contributed by atoms with Crippen molar-refractivity contribution in [3.05, 3.63) is 64.0 Å². The van der Waals surface area contributed by atoms with Crippen LogP contribution in [0.4, 0.5) is 11.4 Å². The molecule has 2 aromatic carbocycles. The van der Waals surface area contributed by atoms with Gasteiger partial charge in [-0.3, -0.25) is 0 Å². The van der Waals surface area contributed by atoms with Crippen LogP contribution in [0.15, 0.2) is 53.8 Å². The van der Waals surface area contributed by atoms with Crippen LogP contribution in [-0.2, 0) is 6.61 Å². The Morgan fingerprint density at radius 1 is 1.11 bits per heavy atom. The first-order valence-electron chi connectivity index (χ1n) is 5.33. The van der Waals surface area contributed by atoms with Crippen LogP contribution in [-0.4, -0.2) is 5.11 Å². The third kappa shape index (κ3) is 2.67. The normalized spacial score (nSPS) is 10.1. The lowest BCUT2D eigenvalue weighted by atomic mass is 10.2. The maximum absolute atomic E-state index is 11.0. The summed E-state index contributed by atoms with van der Waals surface area (Å²) in [6, 6.07) is 13.8. The van der Waals surface area contributed by atoms with Gasteiger partial charge in [-0.1, -0.05) is 29.8 Å². The van der Waals surface area contributed by atoms with E-state index in [2.05, 4.69) is 5.29 Å². The first kappa shape index (κ1) is 12.5. The van der Waals surface area contributed by atoms with Crippen LogP contribution in [0, 0.1) is 4.91 Å². The zero-order chi connectivity index (χ0) is 13.0. The predicted octanol–water partition coefficient (Wildman–Crippen LogP) is 3.65. The lowest BCUT2D eigenvalue weighted by Gasteiger charge is -2.15. The standard InChI is InChI=1S/C13H11ClN2O2/c14-11-2-1-3-13(8-11)16(15-18)12-6-4-10(9-17)5-7-12/h1-8,17H,9H2. The summed E-state index contributed by atoms with van der Waals surface area (Å²) in [5.41, 5.74) is 1.98. The minimum Gasteiger partial charge on any atom is -0.392 e. The van der Waals surface area contributed by atoms with E-state index in [1.165, 1.54) is 5.01 Å². The fourth-order valence-corrected chi connectivity index (χ4v) is 1.78. The van der Waals surface area contributed by atoms with Crippen molar-refractivity contribution in [2.75, 3.05) is 5.01 Å². The monoisotopic (exact) mass is 262 g/mol. The topological polar surface area (TPSA) is 52.9 Å². The van der Waals surface area contributed by atoms with Gasteiger partial charge in [0, 0.05) is 5.02 Å². The molecule has 0 bridgehead atoms. The molecule has 18 heavy (non-hydrogen) atoms. The van der Waals surface area contributed by atoms with Gasteiger partial charge in [-0.05, 0) is 35.9 Å². The first-order chi connectivity index (χ1) is 8.74. The van der Waals surface area contributed by atoms with Crippen molar-refractivity contribution in [1.29, 1.82) is 0 Å². The fraction of sp³-hybridized carbons (Fsp3) is 0.0769. The number of nitrogens with zero attached hydrogens (tertiary/aromatic N) is 2. The lowest BCUT2D eigenvalue weighted by molar-refractivity contribution is 0.282. The Kier molecular flexibility index (Phi) is 3.92. The first-order valence-corrected chi connectivity index (χ1v) is 5.71. The van der Waals surface area contributed by atoms with E-state index in [4.69, 9.17) is 16.7 Å². The van der Waals surface area contributed by atoms with Crippen LogP contribution in [0.3, 0.4) is 0 Å². The second-order valence-corrected chi connectivity index (χ2v) is 4.13. The van der Waals surface area contributed by atoms with E-state index in [0.717, 1.165) is 5.56 Å². The van der Waals surface area contributed by atoms with Crippen molar-refractivity contribution in [3.8, 4) is 0 Å². The van der Waals surface area contributed by atoms with Crippen molar-refractivity contribution in [2.45, 2.75) is 6.61 Å². The van der Waals surface area contributed by atoms with Gasteiger partial charge in [0.1, 0.15) is 0 Å². The molecule has 0 amide bonds. The van der Waals surface area contributed by atoms with Crippen molar-refractivity contribution in [3.63, 3.8) is 0 Å². The zero-order valence-electron chi connectivity index (χ0n) is 9.45. The van der Waals surface area contributed by atoms with Crippen molar-refractivity contribution in [2.24, 2.45) is 5.29 Å². The molecule has 2 aromatic rings. The highest BCUT2D eigenvalue weighted by Gasteiger charge is 2.09. The van der Waals surface area contributed by atoms with Crippen LogP contribution in [0.25, 0.3) is 0 Å². The van der Waals surface area contributed by atoms with E-state index in [9.17, 15) is 4.91 Å². The SMILES string of the molecule is O=NN(c1ccc(CO)cc1)c1cccc(Cl)c1. The van der Waals surface area contributed by atoms with E-state index < -0.39 is 0 Å². The molecule has 0 aliphatic rings. The quantitative estimate of drug-likeness (QED) is 0.676. The van der Waals surface area contributed by atoms with Crippen molar-refractivity contribution in [1.82, 2.24) is 0 Å². The molecular formula is C13H11ClN2O2. The van der Waals surface area contributed by atoms with Crippen LogP contribution in [0.2, 0.25) is 5.02 Å². The Bertz CT molecular complexity index is 543. The van der Waals surface area contributed by atoms with Gasteiger partial charge in [-0.25, -0.2) is 0 Å². The molecule has 0 saturated heterocycles. The van der Waals surface area contributed by atoms with E-state index in [-0.39, 0.29) is 6.61 Å². The van der Waals surface area contributed by atoms with E-state index >= 15 is 0 Å². The third-order valence-corrected chi connectivity index (χ3v) is 2.73. The summed E-state index contributed by atoms with van der Waals surface area (Å²) in [7, 11) is 0. The van der Waals surface area contributed by atoms with E-state index in [0.29, 0.717) is 16.4 Å². The molecule has 0 radical (unpaired) electrons. The smallest absolute Gasteiger partial charge is 0.0699 e. The van der Waals surface area contributed by atoms with Gasteiger partial charge >= 0.3 is 0 Å². The maximum Gasteiger partial charge on any atom is 0.0699 e. The molecule has 0 aromatic heterocycles. The molecule has 0 saturated carbocycles. The highest BCUT2D eigenvalue weighted by Crippen LogP contribution is 2.27. The third-order valence-electron chi connectivity index (χ3n) is 2.50. The molecule has 0 heterocycles.